The van der Waals surface area contributed by atoms with Gasteiger partial charge < -0.3 is 18.9 Å². The van der Waals surface area contributed by atoms with Crippen LogP contribution < -0.4 is 0 Å². The van der Waals surface area contributed by atoms with Crippen molar-refractivity contribution >= 4 is 11.9 Å². The summed E-state index contributed by atoms with van der Waals surface area (Å²) in [5, 5.41) is 0. The Morgan fingerprint density at radius 1 is 0.958 bits per heavy atom. The Labute approximate surface area is 141 Å². The second-order valence-corrected chi connectivity index (χ2v) is 6.88. The zero-order chi connectivity index (χ0) is 17.5. The van der Waals surface area contributed by atoms with Crippen LogP contribution >= 0.6 is 0 Å². The van der Waals surface area contributed by atoms with Crippen molar-refractivity contribution in [3.05, 3.63) is 35.4 Å². The van der Waals surface area contributed by atoms with Gasteiger partial charge in [-0.2, -0.15) is 0 Å². The first-order chi connectivity index (χ1) is 11.2. The zero-order valence-corrected chi connectivity index (χ0v) is 14.3. The summed E-state index contributed by atoms with van der Waals surface area (Å²) in [7, 11) is 0. The number of hydrogen-bond donors (Lipinski definition) is 0. The highest BCUT2D eigenvalue weighted by molar-refractivity contribution is 5.95. The van der Waals surface area contributed by atoms with Crippen molar-refractivity contribution in [1.82, 2.24) is 0 Å². The Hall–Kier alpha value is -1.92. The number of hydrogen-bond acceptors (Lipinski definition) is 6. The van der Waals surface area contributed by atoms with E-state index in [1.54, 1.807) is 32.0 Å². The Morgan fingerprint density at radius 2 is 1.33 bits per heavy atom. The molecule has 0 bridgehead atoms. The largest absolute Gasteiger partial charge is 0.456 e. The minimum absolute atomic E-state index is 0.307. The van der Waals surface area contributed by atoms with Gasteiger partial charge in [-0.1, -0.05) is 6.07 Å². The fourth-order valence-electron chi connectivity index (χ4n) is 2.18. The van der Waals surface area contributed by atoms with Gasteiger partial charge in [-0.15, -0.1) is 0 Å². The van der Waals surface area contributed by atoms with E-state index in [0.29, 0.717) is 24.3 Å². The van der Waals surface area contributed by atoms with Gasteiger partial charge >= 0.3 is 11.9 Å². The first kappa shape index (κ1) is 16.9. The molecule has 2 heterocycles. The first-order valence-electron chi connectivity index (χ1n) is 8.03. The third-order valence-electron chi connectivity index (χ3n) is 4.82. The number of rotatable bonds is 6. The van der Waals surface area contributed by atoms with Crippen LogP contribution in [0.2, 0.25) is 0 Å². The van der Waals surface area contributed by atoms with E-state index in [-0.39, 0.29) is 12.2 Å². The minimum Gasteiger partial charge on any atom is -0.456 e. The standard InChI is InChI=1S/C18H22O6/c1-11(17(3)9-21-17)23-15(19)13-6-5-7-14(8-13)16(20)24-12(2)18(4)10-22-18/h5-8,11-12H,9-10H2,1-4H3. The number of benzene rings is 1. The lowest BCUT2D eigenvalue weighted by atomic mass is 10.1. The molecule has 1 aromatic rings. The van der Waals surface area contributed by atoms with Crippen LogP contribution in [0.15, 0.2) is 24.3 Å². The molecule has 4 atom stereocenters. The molecule has 130 valence electrons. The van der Waals surface area contributed by atoms with Gasteiger partial charge in [0, 0.05) is 0 Å². The van der Waals surface area contributed by atoms with Crippen LogP contribution in [-0.2, 0) is 18.9 Å². The van der Waals surface area contributed by atoms with E-state index in [2.05, 4.69) is 0 Å². The van der Waals surface area contributed by atoms with Crippen molar-refractivity contribution in [3.63, 3.8) is 0 Å². The molecule has 0 aliphatic carbocycles. The monoisotopic (exact) mass is 334 g/mol. The van der Waals surface area contributed by atoms with E-state index < -0.39 is 23.1 Å². The van der Waals surface area contributed by atoms with Gasteiger partial charge in [-0.05, 0) is 45.9 Å². The van der Waals surface area contributed by atoms with Gasteiger partial charge in [-0.25, -0.2) is 9.59 Å². The highest BCUT2D eigenvalue weighted by atomic mass is 16.6. The highest BCUT2D eigenvalue weighted by Crippen LogP contribution is 2.33. The molecule has 2 fully saturated rings. The van der Waals surface area contributed by atoms with Gasteiger partial charge in [0.1, 0.15) is 23.4 Å². The predicted octanol–water partition coefficient (Wildman–Crippen LogP) is 2.36. The molecule has 0 amide bonds. The number of carbonyl (C=O) groups excluding carboxylic acids is 2. The van der Waals surface area contributed by atoms with Crippen LogP contribution in [0.25, 0.3) is 0 Å². The second-order valence-electron chi connectivity index (χ2n) is 6.88. The van der Waals surface area contributed by atoms with Crippen molar-refractivity contribution in [3.8, 4) is 0 Å². The summed E-state index contributed by atoms with van der Waals surface area (Å²) in [6, 6.07) is 6.33. The fourth-order valence-corrected chi connectivity index (χ4v) is 2.18. The highest BCUT2D eigenvalue weighted by Gasteiger charge is 2.48. The predicted molar refractivity (Wildman–Crippen MR) is 84.9 cm³/mol. The molecule has 6 nitrogen and oxygen atoms in total. The van der Waals surface area contributed by atoms with Gasteiger partial charge in [0.05, 0.1) is 24.3 Å². The molecule has 0 N–H and O–H groups in total. The summed E-state index contributed by atoms with van der Waals surface area (Å²) in [5.41, 5.74) is -0.188. The van der Waals surface area contributed by atoms with Crippen LogP contribution in [0.1, 0.15) is 48.4 Å². The lowest BCUT2D eigenvalue weighted by Gasteiger charge is -2.18. The van der Waals surface area contributed by atoms with E-state index in [1.807, 2.05) is 13.8 Å². The molecule has 2 aliphatic rings. The third kappa shape index (κ3) is 3.44. The Kier molecular flexibility index (Phi) is 4.13. The Bertz CT molecular complexity index is 606. The van der Waals surface area contributed by atoms with Gasteiger partial charge in [-0.3, -0.25) is 0 Å². The molecule has 1 aromatic carbocycles. The molecule has 0 aromatic heterocycles. The summed E-state index contributed by atoms with van der Waals surface area (Å²) >= 11 is 0. The lowest BCUT2D eigenvalue weighted by molar-refractivity contribution is 0.0141. The molecule has 0 spiro atoms. The van der Waals surface area contributed by atoms with Crippen LogP contribution in [0.4, 0.5) is 0 Å². The van der Waals surface area contributed by atoms with Crippen molar-refractivity contribution in [2.75, 3.05) is 13.2 Å². The topological polar surface area (TPSA) is 77.7 Å². The van der Waals surface area contributed by atoms with Gasteiger partial charge in [0.2, 0.25) is 0 Å². The van der Waals surface area contributed by atoms with E-state index >= 15 is 0 Å². The molecule has 4 unspecified atom stereocenters. The normalized spacial score (nSPS) is 30.2. The maximum Gasteiger partial charge on any atom is 0.338 e. The van der Waals surface area contributed by atoms with Crippen LogP contribution in [-0.4, -0.2) is 48.6 Å². The first-order valence-corrected chi connectivity index (χ1v) is 8.03. The van der Waals surface area contributed by atoms with Crippen molar-refractivity contribution < 1.29 is 28.5 Å². The average molecular weight is 334 g/mol. The molecular weight excluding hydrogens is 312 g/mol. The molecule has 0 saturated carbocycles. The summed E-state index contributed by atoms with van der Waals surface area (Å²) < 4.78 is 21.4. The van der Waals surface area contributed by atoms with Gasteiger partial charge in [0.25, 0.3) is 0 Å². The van der Waals surface area contributed by atoms with E-state index in [4.69, 9.17) is 18.9 Å². The molecule has 0 radical (unpaired) electrons. The number of ether oxygens (including phenoxy) is 4. The minimum atomic E-state index is -0.487. The maximum atomic E-state index is 12.2. The number of epoxide rings is 2. The maximum absolute atomic E-state index is 12.2. The van der Waals surface area contributed by atoms with E-state index in [1.165, 1.54) is 6.07 Å². The SMILES string of the molecule is CC(OC(=O)c1cccc(C(=O)OC(C)C2(C)CO2)c1)C1(C)CO1. The van der Waals surface area contributed by atoms with Crippen molar-refractivity contribution in [1.29, 1.82) is 0 Å². The summed E-state index contributed by atoms with van der Waals surface area (Å²) in [4.78, 5) is 24.5. The average Bonchev–Trinajstić information content (AvgIpc) is 3.47. The number of carbonyl (C=O) groups is 2. The summed E-state index contributed by atoms with van der Waals surface area (Å²) in [6.45, 7) is 8.52. The molecule has 24 heavy (non-hydrogen) atoms. The smallest absolute Gasteiger partial charge is 0.338 e. The summed E-state index contributed by atoms with van der Waals surface area (Å²) in [6.07, 6.45) is -0.708. The third-order valence-corrected chi connectivity index (χ3v) is 4.82. The summed E-state index contributed by atoms with van der Waals surface area (Å²) in [5.74, 6) is -0.973. The molecule has 2 saturated heterocycles. The lowest BCUT2D eigenvalue weighted by Crippen LogP contribution is -2.30. The molecule has 2 aliphatic heterocycles. The van der Waals surface area contributed by atoms with E-state index in [9.17, 15) is 9.59 Å². The van der Waals surface area contributed by atoms with Crippen LogP contribution in [0, 0.1) is 0 Å². The molecular formula is C18H22O6. The second kappa shape index (κ2) is 5.86. The van der Waals surface area contributed by atoms with Crippen molar-refractivity contribution in [2.24, 2.45) is 0 Å². The fraction of sp³-hybridized carbons (Fsp3) is 0.556. The van der Waals surface area contributed by atoms with Crippen molar-refractivity contribution in [2.45, 2.75) is 51.1 Å². The van der Waals surface area contributed by atoms with E-state index in [0.717, 1.165) is 0 Å². The molecule has 3 rings (SSSR count). The Balaban J connectivity index is 1.64. The number of esters is 2. The zero-order valence-electron chi connectivity index (χ0n) is 14.3. The molecule has 6 heteroatoms. The van der Waals surface area contributed by atoms with Gasteiger partial charge in [0.15, 0.2) is 0 Å². The quantitative estimate of drug-likeness (QED) is 0.587. The Morgan fingerprint density at radius 3 is 1.67 bits per heavy atom. The van der Waals surface area contributed by atoms with Crippen LogP contribution in [0.3, 0.4) is 0 Å². The van der Waals surface area contributed by atoms with Crippen LogP contribution in [0.5, 0.6) is 0 Å².